The standard InChI is InChI=1S/C15H26N2O/c1-3-4-5-6-7-8-11-17-15-12(2)9-10-13(18)14(15)16/h17H,2-11,16H2,1H3. The fourth-order valence-corrected chi connectivity index (χ4v) is 2.19. The zero-order valence-electron chi connectivity index (χ0n) is 11.6. The molecule has 1 aliphatic rings. The highest BCUT2D eigenvalue weighted by Crippen LogP contribution is 2.21. The SMILES string of the molecule is C=C1CCC(=O)C(N)=C1NCCCCCCCC. The molecule has 0 aromatic carbocycles. The van der Waals surface area contributed by atoms with E-state index in [1.165, 1.54) is 32.1 Å². The number of hydrogen-bond donors (Lipinski definition) is 2. The van der Waals surface area contributed by atoms with Gasteiger partial charge in [-0.25, -0.2) is 0 Å². The molecular weight excluding hydrogens is 224 g/mol. The Morgan fingerprint density at radius 3 is 2.56 bits per heavy atom. The van der Waals surface area contributed by atoms with Crippen molar-refractivity contribution in [2.45, 2.75) is 58.3 Å². The molecule has 0 heterocycles. The molecule has 1 rings (SSSR count). The third-order valence-electron chi connectivity index (χ3n) is 3.41. The number of ketones is 1. The summed E-state index contributed by atoms with van der Waals surface area (Å²) in [7, 11) is 0. The predicted molar refractivity (Wildman–Crippen MR) is 76.0 cm³/mol. The van der Waals surface area contributed by atoms with E-state index in [1.807, 2.05) is 0 Å². The summed E-state index contributed by atoms with van der Waals surface area (Å²) in [5, 5.41) is 3.28. The van der Waals surface area contributed by atoms with E-state index in [0.29, 0.717) is 12.1 Å². The van der Waals surface area contributed by atoms with Crippen LogP contribution in [0.25, 0.3) is 0 Å². The van der Waals surface area contributed by atoms with Crippen LogP contribution < -0.4 is 11.1 Å². The molecule has 3 heteroatoms. The number of unbranched alkanes of at least 4 members (excludes halogenated alkanes) is 5. The molecular formula is C15H26N2O. The third-order valence-corrected chi connectivity index (χ3v) is 3.41. The molecule has 0 atom stereocenters. The Kier molecular flexibility index (Phi) is 6.55. The van der Waals surface area contributed by atoms with Crippen LogP contribution >= 0.6 is 0 Å². The third kappa shape index (κ3) is 4.55. The van der Waals surface area contributed by atoms with Crippen LogP contribution in [0.4, 0.5) is 0 Å². The number of Topliss-reactive ketones (excluding diaryl/α,β-unsaturated/α-hetero) is 1. The molecule has 0 aromatic heterocycles. The lowest BCUT2D eigenvalue weighted by Crippen LogP contribution is -2.28. The number of hydrogen-bond acceptors (Lipinski definition) is 3. The molecule has 1 aliphatic carbocycles. The van der Waals surface area contributed by atoms with Gasteiger partial charge in [0.25, 0.3) is 0 Å². The van der Waals surface area contributed by atoms with Crippen molar-refractivity contribution in [1.29, 1.82) is 0 Å². The quantitative estimate of drug-likeness (QED) is 0.651. The summed E-state index contributed by atoms with van der Waals surface area (Å²) < 4.78 is 0. The molecule has 0 saturated carbocycles. The van der Waals surface area contributed by atoms with E-state index < -0.39 is 0 Å². The molecule has 0 fully saturated rings. The van der Waals surface area contributed by atoms with E-state index in [2.05, 4.69) is 18.8 Å². The second kappa shape index (κ2) is 7.96. The van der Waals surface area contributed by atoms with Crippen molar-refractivity contribution in [3.8, 4) is 0 Å². The second-order valence-corrected chi connectivity index (χ2v) is 5.01. The van der Waals surface area contributed by atoms with Crippen molar-refractivity contribution in [3.63, 3.8) is 0 Å². The van der Waals surface area contributed by atoms with Crippen LogP contribution in [0.5, 0.6) is 0 Å². The molecule has 0 aromatic rings. The fourth-order valence-electron chi connectivity index (χ4n) is 2.19. The first-order chi connectivity index (χ1) is 8.66. The first-order valence-electron chi connectivity index (χ1n) is 7.11. The van der Waals surface area contributed by atoms with Gasteiger partial charge in [-0.05, 0) is 18.4 Å². The van der Waals surface area contributed by atoms with Crippen molar-refractivity contribution in [3.05, 3.63) is 23.5 Å². The summed E-state index contributed by atoms with van der Waals surface area (Å²) in [6.45, 7) is 7.08. The van der Waals surface area contributed by atoms with Gasteiger partial charge < -0.3 is 11.1 Å². The minimum absolute atomic E-state index is 0.0489. The van der Waals surface area contributed by atoms with Crippen LogP contribution in [-0.4, -0.2) is 12.3 Å². The Balaban J connectivity index is 2.23. The average Bonchev–Trinajstić information content (AvgIpc) is 2.36. The maximum Gasteiger partial charge on any atom is 0.180 e. The smallest absolute Gasteiger partial charge is 0.180 e. The van der Waals surface area contributed by atoms with Gasteiger partial charge in [0.2, 0.25) is 0 Å². The molecule has 18 heavy (non-hydrogen) atoms. The topological polar surface area (TPSA) is 55.1 Å². The first kappa shape index (κ1) is 14.8. The Hall–Kier alpha value is -1.25. The summed E-state index contributed by atoms with van der Waals surface area (Å²) in [6.07, 6.45) is 8.84. The van der Waals surface area contributed by atoms with Crippen molar-refractivity contribution in [2.75, 3.05) is 6.54 Å². The zero-order valence-corrected chi connectivity index (χ0v) is 11.6. The monoisotopic (exact) mass is 250 g/mol. The molecule has 0 spiro atoms. The largest absolute Gasteiger partial charge is 0.394 e. The molecule has 102 valence electrons. The molecule has 0 radical (unpaired) electrons. The van der Waals surface area contributed by atoms with Crippen LogP contribution in [-0.2, 0) is 4.79 Å². The molecule has 0 saturated heterocycles. The number of allylic oxidation sites excluding steroid dienone is 2. The Bertz CT molecular complexity index is 331. The van der Waals surface area contributed by atoms with Crippen LogP contribution in [0, 0.1) is 0 Å². The molecule has 0 unspecified atom stereocenters. The summed E-state index contributed by atoms with van der Waals surface area (Å²) in [5.74, 6) is 0.0489. The minimum Gasteiger partial charge on any atom is -0.394 e. The number of carbonyl (C=O) groups is 1. The highest BCUT2D eigenvalue weighted by molar-refractivity contribution is 5.97. The van der Waals surface area contributed by atoms with Gasteiger partial charge in [0, 0.05) is 13.0 Å². The van der Waals surface area contributed by atoms with Crippen molar-refractivity contribution >= 4 is 5.78 Å². The van der Waals surface area contributed by atoms with Gasteiger partial charge >= 0.3 is 0 Å². The highest BCUT2D eigenvalue weighted by Gasteiger charge is 2.20. The summed E-state index contributed by atoms with van der Waals surface area (Å²) >= 11 is 0. The van der Waals surface area contributed by atoms with E-state index in [-0.39, 0.29) is 5.78 Å². The van der Waals surface area contributed by atoms with Gasteiger partial charge in [-0.15, -0.1) is 0 Å². The summed E-state index contributed by atoms with van der Waals surface area (Å²) in [4.78, 5) is 11.5. The fraction of sp³-hybridized carbons (Fsp3) is 0.667. The number of carbonyl (C=O) groups excluding carboxylic acids is 1. The van der Waals surface area contributed by atoms with Crippen LogP contribution in [0.15, 0.2) is 23.5 Å². The van der Waals surface area contributed by atoms with Crippen LogP contribution in [0.2, 0.25) is 0 Å². The predicted octanol–water partition coefficient (Wildman–Crippen LogP) is 3.03. The van der Waals surface area contributed by atoms with Gasteiger partial charge in [0.15, 0.2) is 5.78 Å². The van der Waals surface area contributed by atoms with Gasteiger partial charge in [-0.3, -0.25) is 4.79 Å². The molecule has 3 N–H and O–H groups in total. The number of nitrogens with two attached hydrogens (primary N) is 1. The van der Waals surface area contributed by atoms with E-state index >= 15 is 0 Å². The lowest BCUT2D eigenvalue weighted by atomic mass is 9.96. The maximum atomic E-state index is 11.5. The summed E-state index contributed by atoms with van der Waals surface area (Å²) in [6, 6.07) is 0. The average molecular weight is 250 g/mol. The lowest BCUT2D eigenvalue weighted by molar-refractivity contribution is -0.115. The lowest BCUT2D eigenvalue weighted by Gasteiger charge is -2.20. The Morgan fingerprint density at radius 1 is 1.17 bits per heavy atom. The van der Waals surface area contributed by atoms with Gasteiger partial charge in [-0.2, -0.15) is 0 Å². The summed E-state index contributed by atoms with van der Waals surface area (Å²) in [5.41, 5.74) is 7.93. The zero-order chi connectivity index (χ0) is 13.4. The van der Waals surface area contributed by atoms with Gasteiger partial charge in [-0.1, -0.05) is 45.6 Å². The maximum absolute atomic E-state index is 11.5. The number of nitrogens with one attached hydrogen (secondary N) is 1. The Labute approximate surface area is 111 Å². The van der Waals surface area contributed by atoms with E-state index in [0.717, 1.165) is 30.7 Å². The van der Waals surface area contributed by atoms with E-state index in [9.17, 15) is 4.79 Å². The van der Waals surface area contributed by atoms with Gasteiger partial charge in [0.05, 0.1) is 11.4 Å². The second-order valence-electron chi connectivity index (χ2n) is 5.01. The minimum atomic E-state index is 0.0489. The van der Waals surface area contributed by atoms with Crippen LogP contribution in [0.3, 0.4) is 0 Å². The van der Waals surface area contributed by atoms with Crippen molar-refractivity contribution in [2.24, 2.45) is 5.73 Å². The van der Waals surface area contributed by atoms with Crippen molar-refractivity contribution < 1.29 is 4.79 Å². The van der Waals surface area contributed by atoms with Gasteiger partial charge in [0.1, 0.15) is 0 Å². The molecule has 0 amide bonds. The molecule has 3 nitrogen and oxygen atoms in total. The van der Waals surface area contributed by atoms with E-state index in [4.69, 9.17) is 5.73 Å². The normalized spacial score (nSPS) is 16.3. The van der Waals surface area contributed by atoms with E-state index in [1.54, 1.807) is 0 Å². The highest BCUT2D eigenvalue weighted by atomic mass is 16.1. The van der Waals surface area contributed by atoms with Crippen LogP contribution in [0.1, 0.15) is 58.3 Å². The molecule has 0 bridgehead atoms. The Morgan fingerprint density at radius 2 is 1.83 bits per heavy atom. The molecule has 0 aliphatic heterocycles. The first-order valence-corrected chi connectivity index (χ1v) is 7.11. The number of rotatable bonds is 8. The van der Waals surface area contributed by atoms with Crippen molar-refractivity contribution in [1.82, 2.24) is 5.32 Å².